The smallest absolute Gasteiger partial charge is 0.322 e. The van der Waals surface area contributed by atoms with Crippen LogP contribution in [-0.4, -0.2) is 55.8 Å². The third-order valence-corrected chi connectivity index (χ3v) is 4.56. The molecular formula is C19H23FN4O3. The topological polar surface area (TPSA) is 66.9 Å². The fraction of sp³-hybridized carbons (Fsp3) is 0.368. The lowest BCUT2D eigenvalue weighted by molar-refractivity contribution is 0.200. The number of aromatic nitrogens is 1. The standard InChI is InChI=1S/C19H23FN4O3/c1-13-12-23(9-10-24(13)18-6-4-5-17(20)22-18)19(25)21-15-8-7-14(26-2)11-16(15)27-3/h4-8,11,13H,9-10,12H2,1-3H3,(H,21,25). The maximum absolute atomic E-state index is 13.4. The maximum atomic E-state index is 13.4. The van der Waals surface area contributed by atoms with Crippen molar-refractivity contribution in [2.75, 3.05) is 44.1 Å². The number of anilines is 2. The van der Waals surface area contributed by atoms with Gasteiger partial charge in [0.15, 0.2) is 0 Å². The highest BCUT2D eigenvalue weighted by Gasteiger charge is 2.28. The Morgan fingerprint density at radius 1 is 1.22 bits per heavy atom. The molecule has 2 heterocycles. The minimum Gasteiger partial charge on any atom is -0.497 e. The van der Waals surface area contributed by atoms with Crippen LogP contribution in [0, 0.1) is 5.95 Å². The minimum absolute atomic E-state index is 0.0107. The number of halogens is 1. The molecule has 1 saturated heterocycles. The molecular weight excluding hydrogens is 351 g/mol. The molecule has 1 aromatic carbocycles. The number of nitrogens with zero attached hydrogens (tertiary/aromatic N) is 3. The molecule has 2 aromatic rings. The maximum Gasteiger partial charge on any atom is 0.322 e. The predicted molar refractivity (Wildman–Crippen MR) is 101 cm³/mol. The van der Waals surface area contributed by atoms with Gasteiger partial charge in [-0.15, -0.1) is 0 Å². The van der Waals surface area contributed by atoms with E-state index >= 15 is 0 Å². The van der Waals surface area contributed by atoms with Crippen LogP contribution in [0.15, 0.2) is 36.4 Å². The van der Waals surface area contributed by atoms with Gasteiger partial charge in [-0.1, -0.05) is 6.07 Å². The van der Waals surface area contributed by atoms with E-state index in [9.17, 15) is 9.18 Å². The fourth-order valence-corrected chi connectivity index (χ4v) is 3.14. The summed E-state index contributed by atoms with van der Waals surface area (Å²) in [5.74, 6) is 1.25. The Balaban J connectivity index is 1.66. The predicted octanol–water partition coefficient (Wildman–Crippen LogP) is 2.98. The van der Waals surface area contributed by atoms with Gasteiger partial charge >= 0.3 is 6.03 Å². The molecule has 1 unspecified atom stereocenters. The molecule has 1 N–H and O–H groups in total. The van der Waals surface area contributed by atoms with Crippen LogP contribution in [0.4, 0.5) is 20.7 Å². The van der Waals surface area contributed by atoms with Gasteiger partial charge in [-0.3, -0.25) is 0 Å². The number of hydrogen-bond acceptors (Lipinski definition) is 5. The number of benzene rings is 1. The summed E-state index contributed by atoms with van der Waals surface area (Å²) in [6, 6.07) is 9.75. The number of amides is 2. The molecule has 1 atom stereocenters. The molecule has 1 aliphatic rings. The van der Waals surface area contributed by atoms with Crippen molar-refractivity contribution in [1.82, 2.24) is 9.88 Å². The van der Waals surface area contributed by atoms with Crippen LogP contribution < -0.4 is 19.7 Å². The molecule has 3 rings (SSSR count). The molecule has 0 bridgehead atoms. The second-order valence-electron chi connectivity index (χ2n) is 6.30. The average Bonchev–Trinajstić information content (AvgIpc) is 2.68. The summed E-state index contributed by atoms with van der Waals surface area (Å²) < 4.78 is 23.9. The quantitative estimate of drug-likeness (QED) is 0.834. The van der Waals surface area contributed by atoms with Crippen LogP contribution in [-0.2, 0) is 0 Å². The lowest BCUT2D eigenvalue weighted by Gasteiger charge is -2.40. The Morgan fingerprint density at radius 2 is 2.04 bits per heavy atom. The van der Waals surface area contributed by atoms with E-state index in [1.165, 1.54) is 13.2 Å². The minimum atomic E-state index is -0.508. The number of nitrogens with one attached hydrogen (secondary N) is 1. The molecule has 0 spiro atoms. The summed E-state index contributed by atoms with van der Waals surface area (Å²) in [6.07, 6.45) is 0. The van der Waals surface area contributed by atoms with Gasteiger partial charge in [-0.05, 0) is 31.2 Å². The van der Waals surface area contributed by atoms with Crippen LogP contribution in [0.2, 0.25) is 0 Å². The van der Waals surface area contributed by atoms with E-state index in [0.29, 0.717) is 42.6 Å². The highest BCUT2D eigenvalue weighted by molar-refractivity contribution is 5.91. The summed E-state index contributed by atoms with van der Waals surface area (Å²) in [5.41, 5.74) is 0.574. The largest absolute Gasteiger partial charge is 0.497 e. The number of rotatable bonds is 4. The van der Waals surface area contributed by atoms with Crippen molar-refractivity contribution in [1.29, 1.82) is 0 Å². The number of carbonyl (C=O) groups excluding carboxylic acids is 1. The third-order valence-electron chi connectivity index (χ3n) is 4.56. The Kier molecular flexibility index (Phi) is 5.63. The number of urea groups is 1. The monoisotopic (exact) mass is 374 g/mol. The number of piperazine rings is 1. The average molecular weight is 374 g/mol. The highest BCUT2D eigenvalue weighted by atomic mass is 19.1. The van der Waals surface area contributed by atoms with Gasteiger partial charge in [0, 0.05) is 31.7 Å². The van der Waals surface area contributed by atoms with Gasteiger partial charge < -0.3 is 24.6 Å². The van der Waals surface area contributed by atoms with Gasteiger partial charge in [0.1, 0.15) is 17.3 Å². The second kappa shape index (κ2) is 8.11. The van der Waals surface area contributed by atoms with Crippen molar-refractivity contribution in [3.8, 4) is 11.5 Å². The van der Waals surface area contributed by atoms with E-state index in [0.717, 1.165) is 0 Å². The molecule has 8 heteroatoms. The number of hydrogen-bond donors (Lipinski definition) is 1. The van der Waals surface area contributed by atoms with Crippen LogP contribution in [0.5, 0.6) is 11.5 Å². The van der Waals surface area contributed by atoms with Crippen molar-refractivity contribution in [2.24, 2.45) is 0 Å². The highest BCUT2D eigenvalue weighted by Crippen LogP contribution is 2.29. The number of pyridine rings is 1. The van der Waals surface area contributed by atoms with E-state index in [1.807, 2.05) is 11.8 Å². The molecule has 144 valence electrons. The first-order valence-corrected chi connectivity index (χ1v) is 8.69. The zero-order valence-electron chi connectivity index (χ0n) is 15.6. The van der Waals surface area contributed by atoms with E-state index in [-0.39, 0.29) is 12.1 Å². The lowest BCUT2D eigenvalue weighted by Crippen LogP contribution is -2.55. The summed E-state index contributed by atoms with van der Waals surface area (Å²) in [6.45, 7) is 3.57. The first-order valence-electron chi connectivity index (χ1n) is 8.69. The zero-order chi connectivity index (χ0) is 19.4. The van der Waals surface area contributed by atoms with Gasteiger partial charge in [-0.25, -0.2) is 9.78 Å². The molecule has 1 fully saturated rings. The summed E-state index contributed by atoms with van der Waals surface area (Å²) in [4.78, 5) is 20.3. The van der Waals surface area contributed by atoms with Crippen LogP contribution in [0.25, 0.3) is 0 Å². The van der Waals surface area contributed by atoms with E-state index < -0.39 is 5.95 Å². The molecule has 1 aliphatic heterocycles. The Bertz CT molecular complexity index is 817. The van der Waals surface area contributed by atoms with E-state index in [2.05, 4.69) is 10.3 Å². The molecule has 27 heavy (non-hydrogen) atoms. The summed E-state index contributed by atoms with van der Waals surface area (Å²) in [7, 11) is 3.11. The van der Waals surface area contributed by atoms with E-state index in [1.54, 1.807) is 42.3 Å². The van der Waals surface area contributed by atoms with Gasteiger partial charge in [0.05, 0.1) is 19.9 Å². The second-order valence-corrected chi connectivity index (χ2v) is 6.30. The lowest BCUT2D eigenvalue weighted by atomic mass is 10.2. The van der Waals surface area contributed by atoms with Gasteiger partial charge in [0.2, 0.25) is 5.95 Å². The number of carbonyl (C=O) groups is 1. The summed E-state index contributed by atoms with van der Waals surface area (Å²) in [5, 5.41) is 2.88. The Labute approximate surface area is 157 Å². The van der Waals surface area contributed by atoms with E-state index in [4.69, 9.17) is 9.47 Å². The number of methoxy groups -OCH3 is 2. The third kappa shape index (κ3) is 4.21. The van der Waals surface area contributed by atoms with Crippen molar-refractivity contribution in [3.63, 3.8) is 0 Å². The molecule has 1 aromatic heterocycles. The molecule has 2 amide bonds. The van der Waals surface area contributed by atoms with Crippen LogP contribution in [0.3, 0.4) is 0 Å². The Morgan fingerprint density at radius 3 is 2.70 bits per heavy atom. The SMILES string of the molecule is COc1ccc(NC(=O)N2CCN(c3cccc(F)n3)C(C)C2)c(OC)c1. The van der Waals surface area contributed by atoms with Crippen molar-refractivity contribution >= 4 is 17.5 Å². The molecule has 0 saturated carbocycles. The zero-order valence-corrected chi connectivity index (χ0v) is 15.6. The molecule has 0 aliphatic carbocycles. The van der Waals surface area contributed by atoms with Crippen LogP contribution >= 0.6 is 0 Å². The van der Waals surface area contributed by atoms with Crippen LogP contribution in [0.1, 0.15) is 6.92 Å². The normalized spacial score (nSPS) is 16.8. The first kappa shape index (κ1) is 18.8. The van der Waals surface area contributed by atoms with Crippen molar-refractivity contribution < 1.29 is 18.7 Å². The van der Waals surface area contributed by atoms with Crippen molar-refractivity contribution in [3.05, 3.63) is 42.3 Å². The fourth-order valence-electron chi connectivity index (χ4n) is 3.14. The Hall–Kier alpha value is -3.03. The number of ether oxygens (including phenoxy) is 2. The molecule has 0 radical (unpaired) electrons. The van der Waals surface area contributed by atoms with Gasteiger partial charge in [0.25, 0.3) is 0 Å². The first-order chi connectivity index (χ1) is 13.0. The molecule has 7 nitrogen and oxygen atoms in total. The van der Waals surface area contributed by atoms with Crippen molar-refractivity contribution in [2.45, 2.75) is 13.0 Å². The van der Waals surface area contributed by atoms with Gasteiger partial charge in [-0.2, -0.15) is 4.39 Å². The summed E-state index contributed by atoms with van der Waals surface area (Å²) >= 11 is 0.